The molecule has 0 atom stereocenters. The van der Waals surface area contributed by atoms with Gasteiger partial charge in [-0.2, -0.15) is 17.5 Å². The van der Waals surface area contributed by atoms with Crippen molar-refractivity contribution in [1.82, 2.24) is 9.21 Å². The Labute approximate surface area is 178 Å². The summed E-state index contributed by atoms with van der Waals surface area (Å²) >= 11 is 5.95. The van der Waals surface area contributed by atoms with Crippen LogP contribution in [-0.4, -0.2) is 43.8 Å². The first-order valence-electron chi connectivity index (χ1n) is 9.30. The molecule has 2 aromatic carbocycles. The molecule has 0 saturated carbocycles. The van der Waals surface area contributed by atoms with Gasteiger partial charge in [-0.25, -0.2) is 12.8 Å². The molecule has 10 heteroatoms. The third-order valence-electron chi connectivity index (χ3n) is 5.24. The Hall–Kier alpha value is -1.68. The van der Waals surface area contributed by atoms with Gasteiger partial charge in [0.05, 0.1) is 10.6 Å². The highest BCUT2D eigenvalue weighted by Gasteiger charge is 2.33. The van der Waals surface area contributed by atoms with Gasteiger partial charge in [0.1, 0.15) is 10.7 Å². The second kappa shape index (κ2) is 8.82. The average Bonchev–Trinajstić information content (AvgIpc) is 2.69. The normalized spacial score (nSPS) is 16.9. The summed E-state index contributed by atoms with van der Waals surface area (Å²) in [5.74, 6) is -0.686. The van der Waals surface area contributed by atoms with Crippen molar-refractivity contribution in [3.05, 3.63) is 64.4 Å². The Morgan fingerprint density at radius 2 is 1.80 bits per heavy atom. The largest absolute Gasteiger partial charge is 0.416 e. The molecule has 1 saturated heterocycles. The standard InChI is InChI=1S/C20H21ClF4N2O2S/c1-26(13-14-3-2-4-15(11-14)20(23,24)25)17-7-9-27(10-8-17)30(28,29)19-12-16(22)5-6-18(19)21/h2-6,11-12,17H,7-10,13H2,1H3. The second-order valence-electron chi connectivity index (χ2n) is 7.32. The molecule has 0 bridgehead atoms. The van der Waals surface area contributed by atoms with E-state index >= 15 is 0 Å². The number of hydrogen-bond donors (Lipinski definition) is 0. The van der Waals surface area contributed by atoms with Crippen LogP contribution in [0, 0.1) is 5.82 Å². The first kappa shape index (κ1) is 23.0. The van der Waals surface area contributed by atoms with E-state index in [1.807, 2.05) is 4.90 Å². The lowest BCUT2D eigenvalue weighted by Gasteiger charge is -2.36. The molecule has 0 unspecified atom stereocenters. The van der Waals surface area contributed by atoms with Crippen molar-refractivity contribution in [3.8, 4) is 0 Å². The highest BCUT2D eigenvalue weighted by molar-refractivity contribution is 7.89. The second-order valence-corrected chi connectivity index (χ2v) is 9.64. The van der Waals surface area contributed by atoms with Gasteiger partial charge in [0.15, 0.2) is 0 Å². The van der Waals surface area contributed by atoms with Gasteiger partial charge in [0.25, 0.3) is 0 Å². The van der Waals surface area contributed by atoms with Gasteiger partial charge in [-0.05, 0) is 49.7 Å². The maximum Gasteiger partial charge on any atom is 0.416 e. The highest BCUT2D eigenvalue weighted by atomic mass is 35.5. The molecule has 0 spiro atoms. The zero-order valence-electron chi connectivity index (χ0n) is 16.2. The predicted octanol–water partition coefficient (Wildman–Crippen LogP) is 4.78. The summed E-state index contributed by atoms with van der Waals surface area (Å²) in [5, 5.41) is -0.0415. The fourth-order valence-electron chi connectivity index (χ4n) is 3.60. The Balaban J connectivity index is 1.65. The number of benzene rings is 2. The molecule has 164 valence electrons. The summed E-state index contributed by atoms with van der Waals surface area (Å²) in [6.07, 6.45) is -3.39. The van der Waals surface area contributed by atoms with E-state index in [1.54, 1.807) is 13.1 Å². The number of piperidine rings is 1. The molecule has 0 radical (unpaired) electrons. The molecular formula is C20H21ClF4N2O2S. The predicted molar refractivity (Wildman–Crippen MR) is 106 cm³/mol. The maximum absolute atomic E-state index is 13.5. The molecule has 0 aromatic heterocycles. The van der Waals surface area contributed by atoms with Crippen LogP contribution in [-0.2, 0) is 22.7 Å². The monoisotopic (exact) mass is 464 g/mol. The van der Waals surface area contributed by atoms with Crippen molar-refractivity contribution in [2.45, 2.75) is 36.5 Å². The molecule has 1 aliphatic heterocycles. The first-order valence-corrected chi connectivity index (χ1v) is 11.1. The lowest BCUT2D eigenvalue weighted by molar-refractivity contribution is -0.137. The van der Waals surface area contributed by atoms with Crippen LogP contribution >= 0.6 is 11.6 Å². The van der Waals surface area contributed by atoms with Gasteiger partial charge in [0, 0.05) is 25.7 Å². The van der Waals surface area contributed by atoms with Gasteiger partial charge in [0.2, 0.25) is 10.0 Å². The van der Waals surface area contributed by atoms with Crippen molar-refractivity contribution in [3.63, 3.8) is 0 Å². The summed E-state index contributed by atoms with van der Waals surface area (Å²) in [5.41, 5.74) is -0.157. The van der Waals surface area contributed by atoms with Crippen LogP contribution in [0.25, 0.3) is 0 Å². The number of alkyl halides is 3. The number of halogens is 5. The van der Waals surface area contributed by atoms with Crippen LogP contribution in [0.5, 0.6) is 0 Å². The summed E-state index contributed by atoms with van der Waals surface area (Å²) in [4.78, 5) is 1.66. The van der Waals surface area contributed by atoms with Crippen molar-refractivity contribution in [2.24, 2.45) is 0 Å². The van der Waals surface area contributed by atoms with Gasteiger partial charge in [-0.3, -0.25) is 4.90 Å². The molecule has 2 aromatic rings. The zero-order valence-corrected chi connectivity index (χ0v) is 17.7. The van der Waals surface area contributed by atoms with Crippen molar-refractivity contribution >= 4 is 21.6 Å². The van der Waals surface area contributed by atoms with Crippen LogP contribution < -0.4 is 0 Å². The van der Waals surface area contributed by atoms with E-state index in [0.717, 1.165) is 24.3 Å². The first-order chi connectivity index (χ1) is 14.0. The van der Waals surface area contributed by atoms with E-state index < -0.39 is 27.6 Å². The quantitative estimate of drug-likeness (QED) is 0.598. The molecular weight excluding hydrogens is 444 g/mol. The molecule has 4 nitrogen and oxygen atoms in total. The lowest BCUT2D eigenvalue weighted by atomic mass is 10.0. The van der Waals surface area contributed by atoms with E-state index in [1.165, 1.54) is 16.4 Å². The smallest absolute Gasteiger partial charge is 0.299 e. The fraction of sp³-hybridized carbons (Fsp3) is 0.400. The summed E-state index contributed by atoms with van der Waals surface area (Å²) in [6, 6.07) is 8.39. The summed E-state index contributed by atoms with van der Waals surface area (Å²) in [6.45, 7) is 0.747. The molecule has 1 aliphatic rings. The summed E-state index contributed by atoms with van der Waals surface area (Å²) < 4.78 is 79.1. The van der Waals surface area contributed by atoms with Gasteiger partial charge in [-0.15, -0.1) is 0 Å². The minimum atomic E-state index is -4.40. The number of rotatable bonds is 5. The van der Waals surface area contributed by atoms with Crippen LogP contribution in [0.15, 0.2) is 47.4 Å². The maximum atomic E-state index is 13.5. The Kier molecular flexibility index (Phi) is 6.76. The topological polar surface area (TPSA) is 40.6 Å². The molecule has 3 rings (SSSR count). The third-order valence-corrected chi connectivity index (χ3v) is 7.62. The Bertz CT molecular complexity index is 1010. The van der Waals surface area contributed by atoms with E-state index in [-0.39, 0.29) is 29.0 Å². The minimum Gasteiger partial charge on any atom is -0.299 e. The molecule has 30 heavy (non-hydrogen) atoms. The van der Waals surface area contributed by atoms with E-state index in [9.17, 15) is 26.0 Å². The van der Waals surface area contributed by atoms with Crippen LogP contribution in [0.1, 0.15) is 24.0 Å². The van der Waals surface area contributed by atoms with Gasteiger partial charge in [-0.1, -0.05) is 29.8 Å². The van der Waals surface area contributed by atoms with E-state index in [2.05, 4.69) is 0 Å². The Morgan fingerprint density at radius 1 is 1.13 bits per heavy atom. The summed E-state index contributed by atoms with van der Waals surface area (Å²) in [7, 11) is -2.12. The van der Waals surface area contributed by atoms with Gasteiger partial charge < -0.3 is 0 Å². The van der Waals surface area contributed by atoms with Crippen LogP contribution in [0.3, 0.4) is 0 Å². The van der Waals surface area contributed by atoms with E-state index in [0.29, 0.717) is 24.9 Å². The van der Waals surface area contributed by atoms with E-state index in [4.69, 9.17) is 11.6 Å². The SMILES string of the molecule is CN(Cc1cccc(C(F)(F)F)c1)C1CCN(S(=O)(=O)c2cc(F)ccc2Cl)CC1. The minimum absolute atomic E-state index is 0.00831. The van der Waals surface area contributed by atoms with Crippen molar-refractivity contribution in [2.75, 3.05) is 20.1 Å². The molecule has 1 heterocycles. The Morgan fingerprint density at radius 3 is 2.43 bits per heavy atom. The van der Waals surface area contributed by atoms with Crippen LogP contribution in [0.2, 0.25) is 5.02 Å². The van der Waals surface area contributed by atoms with Crippen molar-refractivity contribution < 1.29 is 26.0 Å². The average molecular weight is 465 g/mol. The fourth-order valence-corrected chi connectivity index (χ4v) is 5.56. The van der Waals surface area contributed by atoms with Crippen LogP contribution in [0.4, 0.5) is 17.6 Å². The molecule has 1 fully saturated rings. The lowest BCUT2D eigenvalue weighted by Crippen LogP contribution is -2.45. The molecule has 0 N–H and O–H groups in total. The third kappa shape index (κ3) is 5.14. The number of nitrogens with zero attached hydrogens (tertiary/aromatic N) is 2. The molecule has 0 amide bonds. The highest BCUT2D eigenvalue weighted by Crippen LogP contribution is 2.31. The zero-order chi connectivity index (χ0) is 22.1. The van der Waals surface area contributed by atoms with Crippen molar-refractivity contribution in [1.29, 1.82) is 0 Å². The molecule has 0 aliphatic carbocycles. The number of hydrogen-bond acceptors (Lipinski definition) is 3. The van der Waals surface area contributed by atoms with Gasteiger partial charge >= 0.3 is 6.18 Å². The number of sulfonamides is 1.